The van der Waals surface area contributed by atoms with Gasteiger partial charge in [0.1, 0.15) is 5.75 Å². The van der Waals surface area contributed by atoms with E-state index in [1.807, 2.05) is 71.4 Å². The summed E-state index contributed by atoms with van der Waals surface area (Å²) < 4.78 is 7.81. The van der Waals surface area contributed by atoms with Gasteiger partial charge in [-0.3, -0.25) is 9.78 Å². The molecule has 190 valence electrons. The van der Waals surface area contributed by atoms with Gasteiger partial charge < -0.3 is 10.1 Å². The average Bonchev–Trinajstić information content (AvgIpc) is 3.63. The fourth-order valence-electron chi connectivity index (χ4n) is 5.03. The summed E-state index contributed by atoms with van der Waals surface area (Å²) in [7, 11) is 0. The van der Waals surface area contributed by atoms with Crippen LogP contribution in [0.3, 0.4) is 0 Å². The third-order valence-electron chi connectivity index (χ3n) is 7.09. The maximum atomic E-state index is 13.3. The molecule has 1 N–H and O–H groups in total. The van der Waals surface area contributed by atoms with E-state index in [4.69, 9.17) is 9.84 Å². The summed E-state index contributed by atoms with van der Waals surface area (Å²) in [6.07, 6.45) is 5.59. The van der Waals surface area contributed by atoms with E-state index in [0.29, 0.717) is 6.61 Å². The smallest absolute Gasteiger partial charge is 0.228 e. The number of carbonyl (C=O) groups excluding carboxylic acids is 1. The lowest BCUT2D eigenvalue weighted by Gasteiger charge is -2.10. The second kappa shape index (κ2) is 10.1. The molecule has 5 aromatic rings. The number of benzene rings is 3. The SMILES string of the molecule is CCCOc1ccc(-c2nn(-c3ccccc3)cc2C2CC2C(=O)Nc2cccc3cccnc23)cc1C. The van der Waals surface area contributed by atoms with Crippen molar-refractivity contribution in [3.8, 4) is 22.7 Å². The number of ether oxygens (including phenoxy) is 1. The van der Waals surface area contributed by atoms with Crippen LogP contribution in [0.2, 0.25) is 0 Å². The number of nitrogens with zero attached hydrogens (tertiary/aromatic N) is 3. The van der Waals surface area contributed by atoms with E-state index in [0.717, 1.165) is 63.3 Å². The van der Waals surface area contributed by atoms with Crippen molar-refractivity contribution in [1.82, 2.24) is 14.8 Å². The van der Waals surface area contributed by atoms with E-state index in [2.05, 4.69) is 42.5 Å². The molecule has 0 radical (unpaired) electrons. The summed E-state index contributed by atoms with van der Waals surface area (Å²) in [5, 5.41) is 9.14. The van der Waals surface area contributed by atoms with E-state index < -0.39 is 0 Å². The van der Waals surface area contributed by atoms with Crippen molar-refractivity contribution in [1.29, 1.82) is 0 Å². The third-order valence-corrected chi connectivity index (χ3v) is 7.09. The molecule has 1 saturated carbocycles. The van der Waals surface area contributed by atoms with Crippen LogP contribution in [0.25, 0.3) is 27.8 Å². The van der Waals surface area contributed by atoms with Crippen molar-refractivity contribution in [2.24, 2.45) is 5.92 Å². The normalized spacial score (nSPS) is 16.4. The first-order valence-electron chi connectivity index (χ1n) is 13.2. The summed E-state index contributed by atoms with van der Waals surface area (Å²) in [6.45, 7) is 4.86. The van der Waals surface area contributed by atoms with Gasteiger partial charge in [-0.15, -0.1) is 0 Å². The fraction of sp³-hybridized carbons (Fsp3) is 0.219. The minimum Gasteiger partial charge on any atom is -0.493 e. The van der Waals surface area contributed by atoms with Crippen molar-refractivity contribution in [3.05, 3.63) is 102 Å². The van der Waals surface area contributed by atoms with Crippen LogP contribution in [0.4, 0.5) is 5.69 Å². The molecule has 2 atom stereocenters. The van der Waals surface area contributed by atoms with E-state index >= 15 is 0 Å². The standard InChI is InChI=1S/C32H30N4O2/c1-3-17-38-29-15-14-23(18-21(29)2)30-27(20-36(35-30)24-11-5-4-6-12-24)25-19-26(25)32(37)34-28-13-7-9-22-10-8-16-33-31(22)28/h4-16,18,20,25-26H,3,17,19H2,1-2H3,(H,34,37). The number of rotatable bonds is 8. The lowest BCUT2D eigenvalue weighted by atomic mass is 10.0. The van der Waals surface area contributed by atoms with Crippen LogP contribution in [0.5, 0.6) is 5.75 Å². The van der Waals surface area contributed by atoms with E-state index in [9.17, 15) is 4.79 Å². The summed E-state index contributed by atoms with van der Waals surface area (Å²) in [6, 6.07) is 26.1. The van der Waals surface area contributed by atoms with Crippen LogP contribution >= 0.6 is 0 Å². The van der Waals surface area contributed by atoms with Crippen molar-refractivity contribution < 1.29 is 9.53 Å². The van der Waals surface area contributed by atoms with Crippen LogP contribution in [-0.2, 0) is 4.79 Å². The maximum absolute atomic E-state index is 13.3. The summed E-state index contributed by atoms with van der Waals surface area (Å²) in [5.74, 6) is 0.897. The Morgan fingerprint density at radius 2 is 1.89 bits per heavy atom. The first-order valence-corrected chi connectivity index (χ1v) is 13.2. The molecule has 0 spiro atoms. The number of hydrogen-bond donors (Lipinski definition) is 1. The molecule has 0 saturated heterocycles. The van der Waals surface area contributed by atoms with E-state index in [-0.39, 0.29) is 17.7 Å². The van der Waals surface area contributed by atoms with E-state index in [1.165, 1.54) is 0 Å². The van der Waals surface area contributed by atoms with Crippen LogP contribution in [0.15, 0.2) is 91.3 Å². The van der Waals surface area contributed by atoms with Crippen molar-refractivity contribution in [3.63, 3.8) is 0 Å². The lowest BCUT2D eigenvalue weighted by molar-refractivity contribution is -0.117. The molecule has 1 aliphatic carbocycles. The number of nitrogens with one attached hydrogen (secondary N) is 1. The predicted octanol–water partition coefficient (Wildman–Crippen LogP) is 6.93. The summed E-state index contributed by atoms with van der Waals surface area (Å²) in [4.78, 5) is 17.8. The minimum absolute atomic E-state index is 0.0195. The topological polar surface area (TPSA) is 69.0 Å². The Labute approximate surface area is 222 Å². The van der Waals surface area contributed by atoms with Crippen molar-refractivity contribution >= 4 is 22.5 Å². The Balaban J connectivity index is 1.31. The molecular weight excluding hydrogens is 472 g/mol. The van der Waals surface area contributed by atoms with Gasteiger partial charge in [0.25, 0.3) is 0 Å². The van der Waals surface area contributed by atoms with Gasteiger partial charge >= 0.3 is 0 Å². The number of pyridine rings is 1. The van der Waals surface area contributed by atoms with Gasteiger partial charge in [-0.05, 0) is 67.8 Å². The first-order chi connectivity index (χ1) is 18.6. The van der Waals surface area contributed by atoms with Crippen molar-refractivity contribution in [2.75, 3.05) is 11.9 Å². The van der Waals surface area contributed by atoms with Gasteiger partial charge in [0.05, 0.1) is 29.2 Å². The molecule has 3 aromatic carbocycles. The van der Waals surface area contributed by atoms with Crippen LogP contribution < -0.4 is 10.1 Å². The molecule has 0 bridgehead atoms. The van der Waals surface area contributed by atoms with Crippen LogP contribution in [0, 0.1) is 12.8 Å². The predicted molar refractivity (Wildman–Crippen MR) is 151 cm³/mol. The van der Waals surface area contributed by atoms with Gasteiger partial charge in [-0.1, -0.05) is 43.3 Å². The Morgan fingerprint density at radius 1 is 1.05 bits per heavy atom. The van der Waals surface area contributed by atoms with Crippen molar-refractivity contribution in [2.45, 2.75) is 32.6 Å². The molecule has 1 aliphatic rings. The number of anilines is 1. The highest BCUT2D eigenvalue weighted by Gasteiger charge is 2.46. The first kappa shape index (κ1) is 23.9. The summed E-state index contributed by atoms with van der Waals surface area (Å²) >= 11 is 0. The Bertz CT molecular complexity index is 1600. The monoisotopic (exact) mass is 502 g/mol. The number of fused-ring (bicyclic) bond motifs is 1. The number of aromatic nitrogens is 3. The van der Waals surface area contributed by atoms with E-state index in [1.54, 1.807) is 6.20 Å². The highest BCUT2D eigenvalue weighted by molar-refractivity contribution is 6.02. The summed E-state index contributed by atoms with van der Waals surface area (Å²) in [5.41, 5.74) is 6.64. The zero-order valence-electron chi connectivity index (χ0n) is 21.6. The van der Waals surface area contributed by atoms with Crippen LogP contribution in [-0.4, -0.2) is 27.3 Å². The second-order valence-corrected chi connectivity index (χ2v) is 9.86. The van der Waals surface area contributed by atoms with Gasteiger partial charge in [0.15, 0.2) is 0 Å². The highest BCUT2D eigenvalue weighted by atomic mass is 16.5. The second-order valence-electron chi connectivity index (χ2n) is 9.86. The molecule has 6 nitrogen and oxygen atoms in total. The number of para-hydroxylation sites is 2. The number of aryl methyl sites for hydroxylation is 1. The molecule has 6 rings (SSSR count). The zero-order chi connectivity index (χ0) is 26.1. The number of carbonyl (C=O) groups is 1. The molecule has 2 aromatic heterocycles. The largest absolute Gasteiger partial charge is 0.493 e. The quantitative estimate of drug-likeness (QED) is 0.250. The van der Waals surface area contributed by atoms with Gasteiger partial charge in [0, 0.05) is 40.7 Å². The third kappa shape index (κ3) is 4.65. The average molecular weight is 503 g/mol. The maximum Gasteiger partial charge on any atom is 0.228 e. The zero-order valence-corrected chi connectivity index (χ0v) is 21.6. The fourth-order valence-corrected chi connectivity index (χ4v) is 5.03. The Kier molecular flexibility index (Phi) is 6.38. The van der Waals surface area contributed by atoms with Gasteiger partial charge in [-0.25, -0.2) is 4.68 Å². The molecule has 2 unspecified atom stereocenters. The molecular formula is C32H30N4O2. The van der Waals surface area contributed by atoms with Gasteiger partial charge in [0.2, 0.25) is 5.91 Å². The molecule has 6 heteroatoms. The molecule has 1 amide bonds. The lowest BCUT2D eigenvalue weighted by Crippen LogP contribution is -2.15. The molecule has 1 fully saturated rings. The molecule has 2 heterocycles. The molecule has 38 heavy (non-hydrogen) atoms. The number of hydrogen-bond acceptors (Lipinski definition) is 4. The Hall–Kier alpha value is -4.45. The van der Waals surface area contributed by atoms with Gasteiger partial charge in [-0.2, -0.15) is 5.10 Å². The number of amides is 1. The minimum atomic E-state index is -0.116. The van der Waals surface area contributed by atoms with Crippen LogP contribution in [0.1, 0.15) is 36.8 Å². The highest BCUT2D eigenvalue weighted by Crippen LogP contribution is 2.51. The molecule has 0 aliphatic heterocycles. The Morgan fingerprint density at radius 3 is 2.71 bits per heavy atom.